The summed E-state index contributed by atoms with van der Waals surface area (Å²) in [5.74, 6) is -2.09. The van der Waals surface area contributed by atoms with Crippen LogP contribution in [0.4, 0.5) is 5.69 Å². The van der Waals surface area contributed by atoms with Crippen LogP contribution in [0.15, 0.2) is 23.3 Å². The number of amides is 2. The van der Waals surface area contributed by atoms with Crippen molar-refractivity contribution in [1.29, 1.82) is 0 Å². The Labute approximate surface area is 118 Å². The number of anilines is 1. The molecule has 0 spiro atoms. The van der Waals surface area contributed by atoms with Crippen LogP contribution in [0.25, 0.3) is 0 Å². The molecule has 0 fully saturated rings. The number of carboxylic acids is 1. The van der Waals surface area contributed by atoms with Crippen LogP contribution in [0.5, 0.6) is 0 Å². The van der Waals surface area contributed by atoms with Gasteiger partial charge in [0, 0.05) is 12.8 Å². The van der Waals surface area contributed by atoms with Crippen molar-refractivity contribution in [3.63, 3.8) is 0 Å². The van der Waals surface area contributed by atoms with E-state index < -0.39 is 11.9 Å². The first kappa shape index (κ1) is 14.0. The molecule has 2 amide bonds. The average Bonchev–Trinajstić information content (AvgIpc) is 2.39. The Morgan fingerprint density at radius 3 is 2.70 bits per heavy atom. The van der Waals surface area contributed by atoms with Crippen LogP contribution < -0.4 is 10.7 Å². The molecule has 1 aromatic carbocycles. The minimum absolute atomic E-state index is 0.0224. The molecule has 0 bridgehead atoms. The van der Waals surface area contributed by atoms with Gasteiger partial charge in [0.15, 0.2) is 0 Å². The molecule has 3 N–H and O–H groups in total. The van der Waals surface area contributed by atoms with Gasteiger partial charge in [-0.25, -0.2) is 10.2 Å². The standard InChI is InChI=1S/C12H10ClN3O4/c13-6-2-1-3-7(10(6)12(19)20)14-11(18)8-4-5-9(17)16-15-8/h1-3H,4-5H2,(H,14,18)(H,16,17)(H,19,20). The first-order valence-corrected chi connectivity index (χ1v) is 6.05. The van der Waals surface area contributed by atoms with Crippen molar-refractivity contribution in [1.82, 2.24) is 5.43 Å². The molecule has 1 aromatic rings. The summed E-state index contributed by atoms with van der Waals surface area (Å²) < 4.78 is 0. The summed E-state index contributed by atoms with van der Waals surface area (Å²) >= 11 is 5.79. The fourth-order valence-corrected chi connectivity index (χ4v) is 1.93. The lowest BCUT2D eigenvalue weighted by molar-refractivity contribution is -0.121. The van der Waals surface area contributed by atoms with Gasteiger partial charge < -0.3 is 10.4 Å². The van der Waals surface area contributed by atoms with Crippen LogP contribution in [-0.2, 0) is 9.59 Å². The number of halogens is 1. The van der Waals surface area contributed by atoms with Crippen molar-refractivity contribution in [2.24, 2.45) is 5.10 Å². The third kappa shape index (κ3) is 2.94. The molecule has 1 aliphatic heterocycles. The van der Waals surface area contributed by atoms with E-state index in [4.69, 9.17) is 16.7 Å². The molecule has 104 valence electrons. The highest BCUT2D eigenvalue weighted by atomic mass is 35.5. The summed E-state index contributed by atoms with van der Waals surface area (Å²) in [5.41, 5.74) is 2.21. The largest absolute Gasteiger partial charge is 0.478 e. The second kappa shape index (κ2) is 5.70. The minimum atomic E-state index is -1.25. The van der Waals surface area contributed by atoms with Gasteiger partial charge in [0.05, 0.1) is 10.7 Å². The van der Waals surface area contributed by atoms with E-state index in [2.05, 4.69) is 15.8 Å². The lowest BCUT2D eigenvalue weighted by Crippen LogP contribution is -2.33. The van der Waals surface area contributed by atoms with E-state index in [1.165, 1.54) is 18.2 Å². The van der Waals surface area contributed by atoms with E-state index in [9.17, 15) is 14.4 Å². The molecule has 0 aliphatic carbocycles. The van der Waals surface area contributed by atoms with E-state index in [1.54, 1.807) is 0 Å². The Morgan fingerprint density at radius 1 is 1.35 bits per heavy atom. The van der Waals surface area contributed by atoms with Crippen molar-refractivity contribution in [2.45, 2.75) is 12.8 Å². The Kier molecular flexibility index (Phi) is 3.99. The summed E-state index contributed by atoms with van der Waals surface area (Å²) in [6, 6.07) is 4.36. The SMILES string of the molecule is O=C1CCC(C(=O)Nc2cccc(Cl)c2C(=O)O)=NN1. The number of carbonyl (C=O) groups excluding carboxylic acids is 2. The predicted octanol–water partition coefficient (Wildman–Crippen LogP) is 1.24. The number of nitrogens with one attached hydrogen (secondary N) is 2. The normalized spacial score (nSPS) is 14.2. The first-order valence-electron chi connectivity index (χ1n) is 5.67. The lowest BCUT2D eigenvalue weighted by atomic mass is 10.1. The monoisotopic (exact) mass is 295 g/mol. The summed E-state index contributed by atoms with van der Waals surface area (Å²) in [7, 11) is 0. The average molecular weight is 296 g/mol. The maximum Gasteiger partial charge on any atom is 0.339 e. The minimum Gasteiger partial charge on any atom is -0.478 e. The van der Waals surface area contributed by atoms with Gasteiger partial charge in [-0.3, -0.25) is 9.59 Å². The molecule has 7 nitrogen and oxygen atoms in total. The van der Waals surface area contributed by atoms with Gasteiger partial charge in [0.1, 0.15) is 11.3 Å². The second-order valence-corrected chi connectivity index (χ2v) is 4.42. The van der Waals surface area contributed by atoms with Gasteiger partial charge in [-0.15, -0.1) is 0 Å². The molecule has 0 aromatic heterocycles. The van der Waals surface area contributed by atoms with Crippen LogP contribution in [0.1, 0.15) is 23.2 Å². The van der Waals surface area contributed by atoms with E-state index in [1.807, 2.05) is 0 Å². The number of hydrogen-bond donors (Lipinski definition) is 3. The van der Waals surface area contributed by atoms with Crippen LogP contribution in [0, 0.1) is 0 Å². The van der Waals surface area contributed by atoms with Crippen LogP contribution in [-0.4, -0.2) is 28.6 Å². The molecule has 0 saturated carbocycles. The Hall–Kier alpha value is -2.41. The topological polar surface area (TPSA) is 108 Å². The van der Waals surface area contributed by atoms with Crippen LogP contribution in [0.3, 0.4) is 0 Å². The van der Waals surface area contributed by atoms with E-state index in [0.717, 1.165) is 0 Å². The van der Waals surface area contributed by atoms with Gasteiger partial charge in [-0.2, -0.15) is 5.10 Å². The first-order chi connectivity index (χ1) is 9.49. The predicted molar refractivity (Wildman–Crippen MR) is 71.9 cm³/mol. The number of nitrogens with zero attached hydrogens (tertiary/aromatic N) is 1. The Bertz CT molecular complexity index is 627. The van der Waals surface area contributed by atoms with Crippen molar-refractivity contribution in [3.8, 4) is 0 Å². The highest BCUT2D eigenvalue weighted by molar-refractivity contribution is 6.44. The number of benzene rings is 1. The molecule has 20 heavy (non-hydrogen) atoms. The Morgan fingerprint density at radius 2 is 2.10 bits per heavy atom. The second-order valence-electron chi connectivity index (χ2n) is 4.02. The smallest absolute Gasteiger partial charge is 0.339 e. The quantitative estimate of drug-likeness (QED) is 0.779. The lowest BCUT2D eigenvalue weighted by Gasteiger charge is -2.13. The number of rotatable bonds is 3. The van der Waals surface area contributed by atoms with Crippen molar-refractivity contribution >= 4 is 40.8 Å². The third-order valence-corrected chi connectivity index (χ3v) is 2.96. The molecule has 0 saturated heterocycles. The summed E-state index contributed by atoms with van der Waals surface area (Å²) in [6.45, 7) is 0. The number of carboxylic acid groups (broad SMARTS) is 1. The van der Waals surface area contributed by atoms with E-state index in [0.29, 0.717) is 0 Å². The van der Waals surface area contributed by atoms with Crippen molar-refractivity contribution < 1.29 is 19.5 Å². The molecule has 8 heteroatoms. The molecule has 1 heterocycles. The number of carbonyl (C=O) groups is 3. The number of hydrogen-bond acceptors (Lipinski definition) is 4. The Balaban J connectivity index is 2.22. The van der Waals surface area contributed by atoms with Gasteiger partial charge in [0.25, 0.3) is 5.91 Å². The highest BCUT2D eigenvalue weighted by Crippen LogP contribution is 2.24. The molecular formula is C12H10ClN3O4. The zero-order valence-corrected chi connectivity index (χ0v) is 10.9. The van der Waals surface area contributed by atoms with Crippen LogP contribution in [0.2, 0.25) is 5.02 Å². The van der Waals surface area contributed by atoms with Gasteiger partial charge in [-0.05, 0) is 12.1 Å². The van der Waals surface area contributed by atoms with E-state index >= 15 is 0 Å². The highest BCUT2D eigenvalue weighted by Gasteiger charge is 2.21. The van der Waals surface area contributed by atoms with Gasteiger partial charge in [0.2, 0.25) is 5.91 Å². The molecule has 2 rings (SSSR count). The van der Waals surface area contributed by atoms with Gasteiger partial charge >= 0.3 is 5.97 Å². The molecule has 0 unspecified atom stereocenters. The summed E-state index contributed by atoms with van der Waals surface area (Å²) in [4.78, 5) is 34.0. The molecule has 1 aliphatic rings. The maximum atomic E-state index is 11.9. The van der Waals surface area contributed by atoms with Crippen molar-refractivity contribution in [3.05, 3.63) is 28.8 Å². The summed E-state index contributed by atoms with van der Waals surface area (Å²) in [5, 5.41) is 15.2. The maximum absolute atomic E-state index is 11.9. The zero-order valence-electron chi connectivity index (χ0n) is 10.1. The number of aromatic carboxylic acids is 1. The summed E-state index contributed by atoms with van der Waals surface area (Å²) in [6.07, 6.45) is 0.355. The fraction of sp³-hybridized carbons (Fsp3) is 0.167. The number of hydrazone groups is 1. The third-order valence-electron chi connectivity index (χ3n) is 2.64. The van der Waals surface area contributed by atoms with Crippen LogP contribution >= 0.6 is 11.6 Å². The molecule has 0 atom stereocenters. The van der Waals surface area contributed by atoms with E-state index in [-0.39, 0.29) is 40.7 Å². The fourth-order valence-electron chi connectivity index (χ4n) is 1.68. The molecule has 0 radical (unpaired) electrons. The molecular weight excluding hydrogens is 286 g/mol. The van der Waals surface area contributed by atoms with Gasteiger partial charge in [-0.1, -0.05) is 17.7 Å². The zero-order chi connectivity index (χ0) is 14.7. The van der Waals surface area contributed by atoms with Crippen molar-refractivity contribution in [2.75, 3.05) is 5.32 Å².